The molecule has 1 aromatic carbocycles. The Kier molecular flexibility index (Phi) is 5.03. The number of hydrogen-bond acceptors (Lipinski definition) is 4. The van der Waals surface area contributed by atoms with Crippen molar-refractivity contribution in [2.45, 2.75) is 31.8 Å². The van der Waals surface area contributed by atoms with Crippen molar-refractivity contribution in [1.29, 1.82) is 0 Å². The fourth-order valence-corrected chi connectivity index (χ4v) is 2.35. The number of amides is 1. The molecule has 1 fully saturated rings. The Labute approximate surface area is 123 Å². The molecule has 2 N–H and O–H groups in total. The fraction of sp³-hybridized carbons (Fsp3) is 0.467. The standard InChI is InChI=1S/C15H19NO5/c1-20-13-8-10(15(19)16-9-14(17)18)6-7-12(13)21-11-4-2-3-5-11/h6-8,11H,2-5,9H2,1H3,(H,16,19)(H,17,18). The molecule has 2 rings (SSSR count). The van der Waals surface area contributed by atoms with E-state index >= 15 is 0 Å². The van der Waals surface area contributed by atoms with E-state index in [1.165, 1.54) is 20.0 Å². The lowest BCUT2D eigenvalue weighted by molar-refractivity contribution is -0.135. The maximum Gasteiger partial charge on any atom is 0.322 e. The number of rotatable bonds is 6. The average Bonchev–Trinajstić information content (AvgIpc) is 2.98. The minimum Gasteiger partial charge on any atom is -0.493 e. The third kappa shape index (κ3) is 4.11. The van der Waals surface area contributed by atoms with Crippen LogP contribution in [0.15, 0.2) is 18.2 Å². The van der Waals surface area contributed by atoms with E-state index in [2.05, 4.69) is 5.32 Å². The predicted molar refractivity (Wildman–Crippen MR) is 75.8 cm³/mol. The van der Waals surface area contributed by atoms with Gasteiger partial charge in [0.2, 0.25) is 0 Å². The van der Waals surface area contributed by atoms with Crippen molar-refractivity contribution < 1.29 is 24.2 Å². The van der Waals surface area contributed by atoms with Gasteiger partial charge < -0.3 is 19.9 Å². The highest BCUT2D eigenvalue weighted by molar-refractivity contribution is 5.96. The van der Waals surface area contributed by atoms with Gasteiger partial charge in [0.05, 0.1) is 13.2 Å². The number of carbonyl (C=O) groups is 2. The number of nitrogens with one attached hydrogen (secondary N) is 1. The molecule has 21 heavy (non-hydrogen) atoms. The number of carboxylic acids is 1. The van der Waals surface area contributed by atoms with Gasteiger partial charge in [-0.1, -0.05) is 0 Å². The molecule has 1 aliphatic rings. The Morgan fingerprint density at radius 3 is 2.62 bits per heavy atom. The lowest BCUT2D eigenvalue weighted by Gasteiger charge is -2.16. The van der Waals surface area contributed by atoms with Gasteiger partial charge in [0, 0.05) is 5.56 Å². The quantitative estimate of drug-likeness (QED) is 0.836. The Hall–Kier alpha value is -2.24. The van der Waals surface area contributed by atoms with Crippen LogP contribution in [0.1, 0.15) is 36.0 Å². The SMILES string of the molecule is COc1cc(C(=O)NCC(=O)O)ccc1OC1CCCC1. The summed E-state index contributed by atoms with van der Waals surface area (Å²) in [6.45, 7) is -0.415. The van der Waals surface area contributed by atoms with Gasteiger partial charge in [-0.2, -0.15) is 0 Å². The van der Waals surface area contributed by atoms with Crippen LogP contribution in [0.5, 0.6) is 11.5 Å². The van der Waals surface area contributed by atoms with E-state index in [1.807, 2.05) is 0 Å². The highest BCUT2D eigenvalue weighted by Crippen LogP contribution is 2.32. The van der Waals surface area contributed by atoms with Crippen molar-refractivity contribution in [1.82, 2.24) is 5.32 Å². The summed E-state index contributed by atoms with van der Waals surface area (Å²) in [6.07, 6.45) is 4.60. The van der Waals surface area contributed by atoms with Gasteiger partial charge in [-0.25, -0.2) is 0 Å². The van der Waals surface area contributed by atoms with Crippen LogP contribution < -0.4 is 14.8 Å². The van der Waals surface area contributed by atoms with Crippen molar-refractivity contribution in [3.63, 3.8) is 0 Å². The molecule has 0 saturated heterocycles. The molecule has 1 saturated carbocycles. The Balaban J connectivity index is 2.07. The number of methoxy groups -OCH3 is 1. The second kappa shape index (κ2) is 6.97. The predicted octanol–water partition coefficient (Wildman–Crippen LogP) is 1.83. The molecule has 0 spiro atoms. The van der Waals surface area contributed by atoms with Crippen LogP contribution in [-0.2, 0) is 4.79 Å². The molecule has 1 aromatic rings. The number of aliphatic carboxylic acids is 1. The minimum absolute atomic E-state index is 0.200. The first kappa shape index (κ1) is 15.2. The number of ether oxygens (including phenoxy) is 2. The molecule has 0 bridgehead atoms. The van der Waals surface area contributed by atoms with Gasteiger partial charge in [-0.3, -0.25) is 9.59 Å². The molecule has 0 aliphatic heterocycles. The van der Waals surface area contributed by atoms with E-state index in [0.717, 1.165) is 12.8 Å². The van der Waals surface area contributed by atoms with Crippen molar-refractivity contribution in [3.05, 3.63) is 23.8 Å². The molecule has 0 aromatic heterocycles. The average molecular weight is 293 g/mol. The monoisotopic (exact) mass is 293 g/mol. The van der Waals surface area contributed by atoms with E-state index in [4.69, 9.17) is 14.6 Å². The van der Waals surface area contributed by atoms with Gasteiger partial charge in [0.15, 0.2) is 11.5 Å². The van der Waals surface area contributed by atoms with E-state index in [-0.39, 0.29) is 6.10 Å². The van der Waals surface area contributed by atoms with E-state index < -0.39 is 18.4 Å². The van der Waals surface area contributed by atoms with Crippen molar-refractivity contribution in [3.8, 4) is 11.5 Å². The van der Waals surface area contributed by atoms with Gasteiger partial charge in [-0.05, 0) is 43.9 Å². The summed E-state index contributed by atoms with van der Waals surface area (Å²) < 4.78 is 11.1. The van der Waals surface area contributed by atoms with Crippen molar-refractivity contribution >= 4 is 11.9 Å². The highest BCUT2D eigenvalue weighted by Gasteiger charge is 2.19. The molecule has 1 amide bonds. The molecule has 0 unspecified atom stereocenters. The van der Waals surface area contributed by atoms with Crippen LogP contribution in [-0.4, -0.2) is 36.7 Å². The summed E-state index contributed by atoms with van der Waals surface area (Å²) in [5.74, 6) is -0.455. The second-order valence-corrected chi connectivity index (χ2v) is 4.97. The topological polar surface area (TPSA) is 84.9 Å². The molecule has 6 nitrogen and oxygen atoms in total. The number of carbonyl (C=O) groups excluding carboxylic acids is 1. The zero-order valence-electron chi connectivity index (χ0n) is 11.9. The van der Waals surface area contributed by atoms with Gasteiger partial charge in [0.25, 0.3) is 5.91 Å². The van der Waals surface area contributed by atoms with Crippen LogP contribution in [0.3, 0.4) is 0 Å². The Morgan fingerprint density at radius 2 is 2.00 bits per heavy atom. The van der Waals surface area contributed by atoms with Crippen LogP contribution >= 0.6 is 0 Å². The van der Waals surface area contributed by atoms with Crippen molar-refractivity contribution in [2.24, 2.45) is 0 Å². The normalized spacial score (nSPS) is 14.7. The molecular weight excluding hydrogens is 274 g/mol. The van der Waals surface area contributed by atoms with Crippen LogP contribution in [0.4, 0.5) is 0 Å². The zero-order valence-corrected chi connectivity index (χ0v) is 11.9. The van der Waals surface area contributed by atoms with Gasteiger partial charge >= 0.3 is 5.97 Å². The van der Waals surface area contributed by atoms with Gasteiger partial charge in [-0.15, -0.1) is 0 Å². The Morgan fingerprint density at radius 1 is 1.29 bits per heavy atom. The first-order chi connectivity index (χ1) is 10.1. The molecule has 0 radical (unpaired) electrons. The van der Waals surface area contributed by atoms with Gasteiger partial charge in [0.1, 0.15) is 6.54 Å². The third-order valence-corrected chi connectivity index (χ3v) is 3.42. The summed E-state index contributed by atoms with van der Waals surface area (Å²) in [5, 5.41) is 10.9. The molecule has 114 valence electrons. The number of benzene rings is 1. The summed E-state index contributed by atoms with van der Waals surface area (Å²) >= 11 is 0. The first-order valence-corrected chi connectivity index (χ1v) is 6.95. The highest BCUT2D eigenvalue weighted by atomic mass is 16.5. The number of carboxylic acid groups (broad SMARTS) is 1. The molecule has 0 atom stereocenters. The molecular formula is C15H19NO5. The second-order valence-electron chi connectivity index (χ2n) is 4.97. The lowest BCUT2D eigenvalue weighted by atomic mass is 10.2. The largest absolute Gasteiger partial charge is 0.493 e. The van der Waals surface area contributed by atoms with Crippen LogP contribution in [0, 0.1) is 0 Å². The molecule has 1 aliphatic carbocycles. The van der Waals surface area contributed by atoms with E-state index in [0.29, 0.717) is 17.1 Å². The third-order valence-electron chi connectivity index (χ3n) is 3.42. The minimum atomic E-state index is -1.09. The van der Waals surface area contributed by atoms with Crippen LogP contribution in [0.25, 0.3) is 0 Å². The maximum absolute atomic E-state index is 11.8. The smallest absolute Gasteiger partial charge is 0.322 e. The van der Waals surface area contributed by atoms with Crippen LogP contribution in [0.2, 0.25) is 0 Å². The van der Waals surface area contributed by atoms with E-state index in [9.17, 15) is 9.59 Å². The van der Waals surface area contributed by atoms with Crippen molar-refractivity contribution in [2.75, 3.05) is 13.7 Å². The lowest BCUT2D eigenvalue weighted by Crippen LogP contribution is -2.29. The fourth-order valence-electron chi connectivity index (χ4n) is 2.35. The van der Waals surface area contributed by atoms with E-state index in [1.54, 1.807) is 18.2 Å². The summed E-state index contributed by atoms with van der Waals surface area (Å²) in [7, 11) is 1.51. The maximum atomic E-state index is 11.8. The first-order valence-electron chi connectivity index (χ1n) is 6.95. The summed E-state index contributed by atoms with van der Waals surface area (Å²) in [6, 6.07) is 4.85. The molecule has 6 heteroatoms. The number of hydrogen-bond donors (Lipinski definition) is 2. The summed E-state index contributed by atoms with van der Waals surface area (Å²) in [5.41, 5.74) is 0.340. The molecule has 0 heterocycles. The zero-order chi connectivity index (χ0) is 15.2. The summed E-state index contributed by atoms with van der Waals surface area (Å²) in [4.78, 5) is 22.2. The Bertz CT molecular complexity index is 523.